The molecule has 0 heterocycles. The minimum absolute atomic E-state index is 0.0696. The fraction of sp³-hybridized carbons (Fsp3) is 0.0714. The summed E-state index contributed by atoms with van der Waals surface area (Å²) in [5.41, 5.74) is 7.00. The van der Waals surface area contributed by atoms with Crippen LogP contribution in [0, 0.1) is 5.82 Å². The van der Waals surface area contributed by atoms with E-state index in [0.717, 1.165) is 0 Å². The maximum atomic E-state index is 13.9. The lowest BCUT2D eigenvalue weighted by atomic mass is 10.1. The molecule has 0 bridgehead atoms. The molecule has 3 N–H and O–H groups in total. The zero-order chi connectivity index (χ0) is 14.7. The largest absolute Gasteiger partial charge is 0.409 e. The Kier molecular flexibility index (Phi) is 4.10. The standard InChI is InChI=1S/C14H13ClFN3O/c1-19(12-5-3-2-4-11(12)16)13-8-9(15)6-7-10(13)14(17)18-20/h2-8,20H,1H3,(H2,17,18). The molecule has 0 amide bonds. The predicted molar refractivity (Wildman–Crippen MR) is 78.4 cm³/mol. The lowest BCUT2D eigenvalue weighted by Gasteiger charge is -2.23. The van der Waals surface area contributed by atoms with Crippen molar-refractivity contribution in [2.45, 2.75) is 0 Å². The van der Waals surface area contributed by atoms with Crippen molar-refractivity contribution >= 4 is 28.8 Å². The van der Waals surface area contributed by atoms with Crippen LogP contribution in [0.1, 0.15) is 5.56 Å². The first-order chi connectivity index (χ1) is 9.54. The molecule has 0 fully saturated rings. The zero-order valence-electron chi connectivity index (χ0n) is 10.7. The van der Waals surface area contributed by atoms with Crippen LogP contribution in [0.2, 0.25) is 5.02 Å². The van der Waals surface area contributed by atoms with E-state index >= 15 is 0 Å². The van der Waals surface area contributed by atoms with Gasteiger partial charge in [0, 0.05) is 17.6 Å². The molecule has 0 aliphatic rings. The van der Waals surface area contributed by atoms with Gasteiger partial charge in [-0.05, 0) is 30.3 Å². The van der Waals surface area contributed by atoms with E-state index in [-0.39, 0.29) is 11.7 Å². The molecule has 4 nitrogen and oxygen atoms in total. The molecular weight excluding hydrogens is 281 g/mol. The van der Waals surface area contributed by atoms with Gasteiger partial charge in [0.25, 0.3) is 0 Å². The van der Waals surface area contributed by atoms with Crippen molar-refractivity contribution in [3.05, 3.63) is 58.9 Å². The van der Waals surface area contributed by atoms with Gasteiger partial charge in [0.1, 0.15) is 5.82 Å². The molecule has 6 heteroatoms. The highest BCUT2D eigenvalue weighted by Gasteiger charge is 2.15. The molecule has 0 saturated carbocycles. The third-order valence-corrected chi connectivity index (χ3v) is 3.15. The van der Waals surface area contributed by atoms with Gasteiger partial charge >= 0.3 is 0 Å². The summed E-state index contributed by atoms with van der Waals surface area (Å²) in [6.45, 7) is 0. The van der Waals surface area contributed by atoms with Gasteiger partial charge in [-0.3, -0.25) is 0 Å². The summed E-state index contributed by atoms with van der Waals surface area (Å²) >= 11 is 5.97. The lowest BCUT2D eigenvalue weighted by Crippen LogP contribution is -2.20. The average molecular weight is 294 g/mol. The first-order valence-corrected chi connectivity index (χ1v) is 6.18. The van der Waals surface area contributed by atoms with E-state index in [9.17, 15) is 4.39 Å². The summed E-state index contributed by atoms with van der Waals surface area (Å²) in [7, 11) is 1.68. The number of halogens is 2. The quantitative estimate of drug-likeness (QED) is 0.395. The smallest absolute Gasteiger partial charge is 0.172 e. The van der Waals surface area contributed by atoms with Gasteiger partial charge in [0.15, 0.2) is 5.84 Å². The van der Waals surface area contributed by atoms with Crippen LogP contribution in [0.25, 0.3) is 0 Å². The van der Waals surface area contributed by atoms with Gasteiger partial charge < -0.3 is 15.8 Å². The van der Waals surface area contributed by atoms with E-state index in [1.54, 1.807) is 48.3 Å². The number of nitrogens with two attached hydrogens (primary N) is 1. The average Bonchev–Trinajstić information content (AvgIpc) is 2.46. The van der Waals surface area contributed by atoms with Gasteiger partial charge in [-0.1, -0.05) is 28.9 Å². The topological polar surface area (TPSA) is 61.8 Å². The molecule has 20 heavy (non-hydrogen) atoms. The van der Waals surface area contributed by atoms with E-state index in [0.29, 0.717) is 22.0 Å². The number of oxime groups is 1. The highest BCUT2D eigenvalue weighted by Crippen LogP contribution is 2.31. The molecule has 0 aliphatic carbocycles. The van der Waals surface area contributed by atoms with Crippen LogP contribution in [0.5, 0.6) is 0 Å². The third kappa shape index (κ3) is 2.67. The van der Waals surface area contributed by atoms with Crippen LogP contribution in [-0.2, 0) is 0 Å². The molecule has 0 unspecified atom stereocenters. The summed E-state index contributed by atoms with van der Waals surface area (Å²) in [4.78, 5) is 1.59. The Balaban J connectivity index is 2.57. The summed E-state index contributed by atoms with van der Waals surface area (Å²) in [6.07, 6.45) is 0. The van der Waals surface area contributed by atoms with Crippen LogP contribution < -0.4 is 10.6 Å². The predicted octanol–water partition coefficient (Wildman–Crippen LogP) is 3.34. The molecule has 2 rings (SSSR count). The third-order valence-electron chi connectivity index (χ3n) is 2.92. The highest BCUT2D eigenvalue weighted by atomic mass is 35.5. The van der Waals surface area contributed by atoms with Gasteiger partial charge in [0.2, 0.25) is 0 Å². The van der Waals surface area contributed by atoms with Crippen LogP contribution in [0.4, 0.5) is 15.8 Å². The number of hydrogen-bond acceptors (Lipinski definition) is 3. The number of hydrogen-bond donors (Lipinski definition) is 2. The Bertz CT molecular complexity index is 661. The fourth-order valence-corrected chi connectivity index (χ4v) is 2.07. The van der Waals surface area contributed by atoms with Crippen LogP contribution in [0.15, 0.2) is 47.6 Å². The summed E-state index contributed by atoms with van der Waals surface area (Å²) in [5, 5.41) is 12.3. The Morgan fingerprint density at radius 1 is 1.25 bits per heavy atom. The number of para-hydroxylation sites is 1. The second-order valence-corrected chi connectivity index (χ2v) is 4.59. The number of benzene rings is 2. The second-order valence-electron chi connectivity index (χ2n) is 4.16. The van der Waals surface area contributed by atoms with E-state index in [4.69, 9.17) is 22.5 Å². The van der Waals surface area contributed by atoms with Crippen molar-refractivity contribution in [2.75, 3.05) is 11.9 Å². The highest BCUT2D eigenvalue weighted by molar-refractivity contribution is 6.31. The zero-order valence-corrected chi connectivity index (χ0v) is 11.5. The molecule has 2 aromatic rings. The molecule has 0 atom stereocenters. The van der Waals surface area contributed by atoms with Gasteiger partial charge in [-0.2, -0.15) is 0 Å². The Hall–Kier alpha value is -2.27. The maximum absolute atomic E-state index is 13.9. The summed E-state index contributed by atoms with van der Waals surface area (Å²) in [5.74, 6) is -0.444. The van der Waals surface area contributed by atoms with Crippen molar-refractivity contribution in [2.24, 2.45) is 10.9 Å². The fourth-order valence-electron chi connectivity index (χ4n) is 1.91. The van der Waals surface area contributed by atoms with Crippen LogP contribution in [-0.4, -0.2) is 18.1 Å². The molecule has 104 valence electrons. The number of rotatable bonds is 3. The van der Waals surface area contributed by atoms with Crippen molar-refractivity contribution in [1.29, 1.82) is 0 Å². The molecule has 2 aromatic carbocycles. The monoisotopic (exact) mass is 293 g/mol. The Morgan fingerprint density at radius 2 is 1.95 bits per heavy atom. The first kappa shape index (κ1) is 14.1. The number of anilines is 2. The van der Waals surface area contributed by atoms with E-state index in [1.807, 2.05) is 0 Å². The van der Waals surface area contributed by atoms with Crippen LogP contribution in [0.3, 0.4) is 0 Å². The molecule has 0 aromatic heterocycles. The Labute approximate surface area is 120 Å². The minimum Gasteiger partial charge on any atom is -0.409 e. The summed E-state index contributed by atoms with van der Waals surface area (Å²) in [6, 6.07) is 11.2. The van der Waals surface area contributed by atoms with Crippen molar-refractivity contribution in [3.63, 3.8) is 0 Å². The minimum atomic E-state index is -0.375. The first-order valence-electron chi connectivity index (χ1n) is 5.80. The molecule has 0 radical (unpaired) electrons. The van der Waals surface area contributed by atoms with Crippen LogP contribution >= 0.6 is 11.6 Å². The van der Waals surface area contributed by atoms with Gasteiger partial charge in [-0.15, -0.1) is 0 Å². The SMILES string of the molecule is CN(c1ccccc1F)c1cc(Cl)ccc1C(N)=NO. The van der Waals surface area contributed by atoms with Crippen molar-refractivity contribution in [3.8, 4) is 0 Å². The van der Waals surface area contributed by atoms with Gasteiger partial charge in [0.05, 0.1) is 11.4 Å². The number of amidine groups is 1. The number of nitrogens with zero attached hydrogens (tertiary/aromatic N) is 2. The summed E-state index contributed by atoms with van der Waals surface area (Å²) < 4.78 is 13.9. The van der Waals surface area contributed by atoms with E-state index in [2.05, 4.69) is 5.16 Å². The molecule has 0 spiro atoms. The van der Waals surface area contributed by atoms with E-state index < -0.39 is 0 Å². The molecule has 0 saturated heterocycles. The van der Waals surface area contributed by atoms with Crippen molar-refractivity contribution < 1.29 is 9.60 Å². The van der Waals surface area contributed by atoms with E-state index in [1.165, 1.54) is 6.07 Å². The Morgan fingerprint density at radius 3 is 2.60 bits per heavy atom. The maximum Gasteiger partial charge on any atom is 0.172 e. The van der Waals surface area contributed by atoms with Crippen molar-refractivity contribution in [1.82, 2.24) is 0 Å². The normalized spacial score (nSPS) is 11.4. The molecular formula is C14H13ClFN3O. The lowest BCUT2D eigenvalue weighted by molar-refractivity contribution is 0.318. The van der Waals surface area contributed by atoms with Gasteiger partial charge in [-0.25, -0.2) is 4.39 Å². The molecule has 0 aliphatic heterocycles. The second kappa shape index (κ2) is 5.79.